The van der Waals surface area contributed by atoms with E-state index >= 15 is 0 Å². The number of hydrogen-bond donors (Lipinski definition) is 0. The molecule has 0 bridgehead atoms. The Kier molecular flexibility index (Phi) is 3.85. The molecule has 1 aromatic carbocycles. The minimum absolute atomic E-state index is 0.0140. The summed E-state index contributed by atoms with van der Waals surface area (Å²) in [7, 11) is 0. The standard InChI is InChI=1S/C19H19NO2S/c21-18(22-12-14-6-2-1-3-7-14)15-13-23-19-10-5-4-8-17(19)20-11-9-16(15)19/h1-8,11,15-16H,9-10,12-13H2. The lowest BCUT2D eigenvalue weighted by atomic mass is 9.74. The van der Waals surface area contributed by atoms with Gasteiger partial charge in [0.25, 0.3) is 0 Å². The normalized spacial score (nSPS) is 31.2. The Labute approximate surface area is 140 Å². The van der Waals surface area contributed by atoms with Gasteiger partial charge in [0.15, 0.2) is 0 Å². The van der Waals surface area contributed by atoms with E-state index in [1.165, 1.54) is 0 Å². The van der Waals surface area contributed by atoms with Crippen molar-refractivity contribution in [3.8, 4) is 0 Å². The molecule has 2 heterocycles. The molecule has 3 unspecified atom stereocenters. The monoisotopic (exact) mass is 325 g/mol. The zero-order valence-corrected chi connectivity index (χ0v) is 13.7. The number of carbonyl (C=O) groups excluding carboxylic acids is 1. The molecule has 1 aromatic rings. The molecule has 2 aliphatic heterocycles. The van der Waals surface area contributed by atoms with Crippen LogP contribution in [0.1, 0.15) is 18.4 Å². The highest BCUT2D eigenvalue weighted by Crippen LogP contribution is 2.57. The van der Waals surface area contributed by atoms with E-state index in [1.54, 1.807) is 0 Å². The summed E-state index contributed by atoms with van der Waals surface area (Å²) in [5.41, 5.74) is 2.16. The highest BCUT2D eigenvalue weighted by molar-refractivity contribution is 8.01. The second-order valence-corrected chi connectivity index (χ2v) is 7.59. The van der Waals surface area contributed by atoms with E-state index in [9.17, 15) is 4.79 Å². The molecule has 0 amide bonds. The average molecular weight is 325 g/mol. The van der Waals surface area contributed by atoms with Gasteiger partial charge in [-0.05, 0) is 30.4 Å². The third-order valence-corrected chi connectivity index (χ3v) is 6.69. The van der Waals surface area contributed by atoms with Crippen molar-refractivity contribution in [1.82, 2.24) is 0 Å². The Bertz CT molecular complexity index is 695. The maximum absolute atomic E-state index is 12.6. The zero-order valence-electron chi connectivity index (χ0n) is 12.9. The minimum atomic E-state index is -0.0626. The smallest absolute Gasteiger partial charge is 0.310 e. The zero-order chi connectivity index (χ0) is 15.7. The van der Waals surface area contributed by atoms with E-state index in [0.717, 1.165) is 29.9 Å². The first-order valence-corrected chi connectivity index (χ1v) is 9.02. The van der Waals surface area contributed by atoms with Crippen molar-refractivity contribution in [3.63, 3.8) is 0 Å². The summed E-state index contributed by atoms with van der Waals surface area (Å²) in [6.45, 7) is 0.358. The number of carbonyl (C=O) groups is 1. The summed E-state index contributed by atoms with van der Waals surface area (Å²) >= 11 is 1.88. The molecule has 0 N–H and O–H groups in total. The summed E-state index contributed by atoms with van der Waals surface area (Å²) < 4.78 is 5.59. The SMILES string of the molecule is O=C(OCc1ccccc1)C1CSC23CC=CC=C2N=CCC13. The van der Waals surface area contributed by atoms with Gasteiger partial charge in [-0.15, -0.1) is 11.8 Å². The van der Waals surface area contributed by atoms with E-state index in [0.29, 0.717) is 12.5 Å². The van der Waals surface area contributed by atoms with Crippen molar-refractivity contribution in [2.45, 2.75) is 24.2 Å². The molecule has 1 aliphatic carbocycles. The van der Waals surface area contributed by atoms with Crippen LogP contribution in [0.2, 0.25) is 0 Å². The fourth-order valence-corrected chi connectivity index (χ4v) is 5.55. The van der Waals surface area contributed by atoms with Gasteiger partial charge in [0.2, 0.25) is 0 Å². The van der Waals surface area contributed by atoms with Crippen LogP contribution in [-0.4, -0.2) is 22.7 Å². The van der Waals surface area contributed by atoms with Gasteiger partial charge in [0.1, 0.15) is 6.61 Å². The molecule has 0 saturated carbocycles. The van der Waals surface area contributed by atoms with Crippen LogP contribution in [0.3, 0.4) is 0 Å². The molecular weight excluding hydrogens is 306 g/mol. The average Bonchev–Trinajstić information content (AvgIpc) is 2.98. The molecule has 23 heavy (non-hydrogen) atoms. The lowest BCUT2D eigenvalue weighted by Gasteiger charge is -2.39. The van der Waals surface area contributed by atoms with Gasteiger partial charge < -0.3 is 4.74 Å². The summed E-state index contributed by atoms with van der Waals surface area (Å²) in [4.78, 5) is 17.2. The predicted molar refractivity (Wildman–Crippen MR) is 93.4 cm³/mol. The molecule has 1 spiro atoms. The largest absolute Gasteiger partial charge is 0.461 e. The Morgan fingerprint density at radius 1 is 1.35 bits per heavy atom. The van der Waals surface area contributed by atoms with Crippen molar-refractivity contribution in [1.29, 1.82) is 0 Å². The van der Waals surface area contributed by atoms with Crippen LogP contribution < -0.4 is 0 Å². The number of esters is 1. The van der Waals surface area contributed by atoms with E-state index in [1.807, 2.05) is 48.3 Å². The molecule has 4 heteroatoms. The molecule has 118 valence electrons. The number of hydrogen-bond acceptors (Lipinski definition) is 4. The molecular formula is C19H19NO2S. The quantitative estimate of drug-likeness (QED) is 0.794. The molecule has 1 fully saturated rings. The first-order valence-electron chi connectivity index (χ1n) is 8.04. The van der Waals surface area contributed by atoms with Gasteiger partial charge in [-0.2, -0.15) is 0 Å². The maximum atomic E-state index is 12.6. The van der Waals surface area contributed by atoms with Gasteiger partial charge >= 0.3 is 5.97 Å². The van der Waals surface area contributed by atoms with Crippen molar-refractivity contribution < 1.29 is 9.53 Å². The Balaban J connectivity index is 1.48. The molecule has 3 nitrogen and oxygen atoms in total. The molecule has 4 rings (SSSR count). The van der Waals surface area contributed by atoms with E-state index in [2.05, 4.69) is 23.2 Å². The fraction of sp³-hybridized carbons (Fsp3) is 0.368. The van der Waals surface area contributed by atoms with Crippen LogP contribution in [-0.2, 0) is 16.1 Å². The van der Waals surface area contributed by atoms with Crippen molar-refractivity contribution in [3.05, 3.63) is 59.8 Å². The summed E-state index contributed by atoms with van der Waals surface area (Å²) in [6, 6.07) is 9.87. The lowest BCUT2D eigenvalue weighted by molar-refractivity contribution is -0.150. The number of allylic oxidation sites excluding steroid dienone is 3. The molecule has 3 aliphatic rings. The Hall–Kier alpha value is -1.81. The lowest BCUT2D eigenvalue weighted by Crippen LogP contribution is -2.40. The number of thioether (sulfide) groups is 1. The number of benzene rings is 1. The van der Waals surface area contributed by atoms with Gasteiger partial charge in [-0.3, -0.25) is 9.79 Å². The number of rotatable bonds is 3. The molecule has 0 aromatic heterocycles. The number of aliphatic imine (C=N–C) groups is 1. The van der Waals surface area contributed by atoms with Crippen LogP contribution in [0.25, 0.3) is 0 Å². The Morgan fingerprint density at radius 3 is 3.09 bits per heavy atom. The van der Waals surface area contributed by atoms with Gasteiger partial charge in [-0.25, -0.2) is 0 Å². The minimum Gasteiger partial charge on any atom is -0.461 e. The van der Waals surface area contributed by atoms with E-state index < -0.39 is 0 Å². The molecule has 0 radical (unpaired) electrons. The van der Waals surface area contributed by atoms with Crippen molar-refractivity contribution >= 4 is 23.9 Å². The third kappa shape index (κ3) is 2.55. The third-order valence-electron chi connectivity index (χ3n) is 4.97. The number of ether oxygens (including phenoxy) is 1. The summed E-state index contributed by atoms with van der Waals surface area (Å²) in [5, 5.41) is 0. The van der Waals surface area contributed by atoms with Gasteiger partial charge in [0.05, 0.1) is 16.4 Å². The van der Waals surface area contributed by atoms with Crippen molar-refractivity contribution in [2.75, 3.05) is 5.75 Å². The molecule has 3 atom stereocenters. The van der Waals surface area contributed by atoms with Crippen LogP contribution in [0.15, 0.2) is 59.2 Å². The van der Waals surface area contributed by atoms with Gasteiger partial charge in [0, 0.05) is 12.0 Å². The Morgan fingerprint density at radius 2 is 2.22 bits per heavy atom. The second-order valence-electron chi connectivity index (χ2n) is 6.24. The van der Waals surface area contributed by atoms with Crippen molar-refractivity contribution in [2.24, 2.45) is 16.8 Å². The highest BCUT2D eigenvalue weighted by atomic mass is 32.2. The summed E-state index contributed by atoms with van der Waals surface area (Å²) in [6.07, 6.45) is 10.2. The topological polar surface area (TPSA) is 38.7 Å². The predicted octanol–water partition coefficient (Wildman–Crippen LogP) is 3.77. The van der Waals surface area contributed by atoms with Crippen LogP contribution in [0, 0.1) is 11.8 Å². The fourth-order valence-electron chi connectivity index (χ4n) is 3.75. The first kappa shape index (κ1) is 14.8. The van der Waals surface area contributed by atoms with Crippen LogP contribution >= 0.6 is 11.8 Å². The van der Waals surface area contributed by atoms with Crippen LogP contribution in [0.4, 0.5) is 0 Å². The second kappa shape index (κ2) is 6.00. The van der Waals surface area contributed by atoms with E-state index in [4.69, 9.17) is 4.74 Å². The highest BCUT2D eigenvalue weighted by Gasteiger charge is 2.54. The van der Waals surface area contributed by atoms with Crippen LogP contribution in [0.5, 0.6) is 0 Å². The molecule has 1 saturated heterocycles. The first-order chi connectivity index (χ1) is 11.3. The maximum Gasteiger partial charge on any atom is 0.310 e. The number of nitrogens with zero attached hydrogens (tertiary/aromatic N) is 1. The summed E-state index contributed by atoms with van der Waals surface area (Å²) in [5.74, 6) is 1.02. The van der Waals surface area contributed by atoms with E-state index in [-0.39, 0.29) is 16.6 Å². The van der Waals surface area contributed by atoms with Gasteiger partial charge in [-0.1, -0.05) is 42.5 Å².